The van der Waals surface area contributed by atoms with Crippen molar-refractivity contribution in [2.45, 2.75) is 102 Å². The molecule has 2 saturated heterocycles. The van der Waals surface area contributed by atoms with Crippen LogP contribution in [0.2, 0.25) is 0 Å². The Labute approximate surface area is 354 Å². The minimum atomic E-state index is -4.71. The van der Waals surface area contributed by atoms with Crippen LogP contribution in [0.15, 0.2) is 42.5 Å². The van der Waals surface area contributed by atoms with E-state index in [0.717, 1.165) is 86.6 Å². The Hall–Kier alpha value is -5.04. The summed E-state index contributed by atoms with van der Waals surface area (Å²) in [5.41, 5.74) is -1.12. The maximum atomic E-state index is 13.5. The summed E-state index contributed by atoms with van der Waals surface area (Å²) in [6.45, 7) is 6.75. The number of hydrogen-bond acceptors (Lipinski definition) is 12. The molecule has 2 atom stereocenters. The van der Waals surface area contributed by atoms with Crippen LogP contribution in [0, 0.1) is 11.8 Å². The van der Waals surface area contributed by atoms with Gasteiger partial charge in [-0.05, 0) is 127 Å². The fraction of sp³-hybridized carbons (Fsp3) is 0.512. The molecule has 1 aromatic carbocycles. The van der Waals surface area contributed by atoms with Gasteiger partial charge in [-0.1, -0.05) is 12.1 Å². The van der Waals surface area contributed by atoms with E-state index in [2.05, 4.69) is 30.8 Å². The van der Waals surface area contributed by atoms with Gasteiger partial charge in [0.25, 0.3) is 17.7 Å². The lowest BCUT2D eigenvalue weighted by Crippen LogP contribution is -2.55. The van der Waals surface area contributed by atoms with Gasteiger partial charge in [-0.25, -0.2) is 15.0 Å². The van der Waals surface area contributed by atoms with Gasteiger partial charge in [0.05, 0.1) is 32.2 Å². The summed E-state index contributed by atoms with van der Waals surface area (Å²) in [5.74, 6) is -1.02. The number of nitrogens with one attached hydrogen (secondary N) is 3. The van der Waals surface area contributed by atoms with Crippen LogP contribution < -0.4 is 16.0 Å². The van der Waals surface area contributed by atoms with E-state index in [0.29, 0.717) is 40.0 Å². The number of piperidine rings is 2. The molecule has 324 valence electrons. The van der Waals surface area contributed by atoms with Crippen LogP contribution in [0.4, 0.5) is 24.5 Å². The van der Waals surface area contributed by atoms with Crippen molar-refractivity contribution in [1.82, 2.24) is 30.1 Å². The SMILES string of the molecule is CC(C)(O)c1nc2nc([C@H]3CC[C@H](CN4CCC(CCNc5cccc6c5C(=O)N(C5CCC(O)NC5=O)C6=O)CC4)CC3)sc2cc1NC(=O)c1cccc(C(F)(F)F)n1. The molecule has 3 fully saturated rings. The summed E-state index contributed by atoms with van der Waals surface area (Å²) >= 11 is 1.48. The first-order valence-corrected chi connectivity index (χ1v) is 21.7. The summed E-state index contributed by atoms with van der Waals surface area (Å²) in [5, 5.41) is 30.1. The lowest BCUT2D eigenvalue weighted by molar-refractivity contribution is -0.141. The number of aliphatic hydroxyl groups excluding tert-OH is 1. The normalized spacial score (nSPS) is 23.0. The minimum absolute atomic E-state index is 0.150. The molecular formula is C43H49F3N8O6S. The largest absolute Gasteiger partial charge is 0.433 e. The Bertz CT molecular complexity index is 2330. The zero-order valence-electron chi connectivity index (χ0n) is 33.9. The summed E-state index contributed by atoms with van der Waals surface area (Å²) in [4.78, 5) is 68.8. The molecule has 4 amide bonds. The van der Waals surface area contributed by atoms with Crippen LogP contribution in [-0.2, 0) is 16.6 Å². The molecule has 1 aliphatic carbocycles. The molecule has 6 heterocycles. The van der Waals surface area contributed by atoms with E-state index in [4.69, 9.17) is 4.98 Å². The van der Waals surface area contributed by atoms with Crippen LogP contribution in [0.5, 0.6) is 0 Å². The number of benzene rings is 1. The number of rotatable bonds is 11. The van der Waals surface area contributed by atoms with Crippen LogP contribution in [-0.4, -0.2) is 97.0 Å². The predicted octanol–water partition coefficient (Wildman–Crippen LogP) is 6.27. The molecule has 3 aromatic heterocycles. The average molecular weight is 863 g/mol. The minimum Gasteiger partial charge on any atom is -0.384 e. The molecule has 61 heavy (non-hydrogen) atoms. The van der Waals surface area contributed by atoms with Gasteiger partial charge in [-0.3, -0.25) is 24.1 Å². The molecule has 18 heteroatoms. The van der Waals surface area contributed by atoms with Crippen LogP contribution in [0.25, 0.3) is 10.3 Å². The van der Waals surface area contributed by atoms with Crippen LogP contribution >= 0.6 is 11.3 Å². The Kier molecular flexibility index (Phi) is 11.9. The number of halogens is 3. The highest BCUT2D eigenvalue weighted by atomic mass is 32.1. The maximum Gasteiger partial charge on any atom is 0.433 e. The Balaban J connectivity index is 0.811. The second kappa shape index (κ2) is 17.0. The molecule has 1 saturated carbocycles. The second-order valence-corrected chi connectivity index (χ2v) is 18.2. The first-order chi connectivity index (χ1) is 29.0. The number of fused-ring (bicyclic) bond motifs is 2. The number of likely N-dealkylation sites (tertiary alicyclic amines) is 1. The molecule has 4 aromatic rings. The van der Waals surface area contributed by atoms with Gasteiger partial charge < -0.3 is 31.1 Å². The number of pyridine rings is 2. The van der Waals surface area contributed by atoms with Crippen LogP contribution in [0.3, 0.4) is 0 Å². The first-order valence-electron chi connectivity index (χ1n) is 20.9. The number of carbonyl (C=O) groups is 4. The predicted molar refractivity (Wildman–Crippen MR) is 221 cm³/mol. The van der Waals surface area contributed by atoms with E-state index in [1.807, 2.05) is 0 Å². The summed E-state index contributed by atoms with van der Waals surface area (Å²) in [6.07, 6.45) is 1.93. The fourth-order valence-corrected chi connectivity index (χ4v) is 10.2. The molecule has 0 bridgehead atoms. The number of imide groups is 1. The van der Waals surface area contributed by atoms with Gasteiger partial charge in [0.2, 0.25) is 5.91 Å². The maximum absolute atomic E-state index is 13.5. The van der Waals surface area contributed by atoms with Crippen molar-refractivity contribution in [3.63, 3.8) is 0 Å². The summed E-state index contributed by atoms with van der Waals surface area (Å²) in [6, 6.07) is 8.99. The highest BCUT2D eigenvalue weighted by molar-refractivity contribution is 7.18. The molecule has 8 rings (SSSR count). The number of aliphatic hydroxyl groups is 2. The molecular weight excluding hydrogens is 814 g/mol. The van der Waals surface area contributed by atoms with Crippen LogP contribution in [0.1, 0.15) is 125 Å². The number of amides is 4. The summed E-state index contributed by atoms with van der Waals surface area (Å²) in [7, 11) is 0. The first kappa shape index (κ1) is 42.6. The zero-order valence-corrected chi connectivity index (χ0v) is 34.7. The lowest BCUT2D eigenvalue weighted by Gasteiger charge is -2.36. The van der Waals surface area contributed by atoms with Gasteiger partial charge in [0.1, 0.15) is 29.3 Å². The van der Waals surface area contributed by atoms with Gasteiger partial charge in [0, 0.05) is 24.7 Å². The standard InChI is InChI=1S/C43H49F3N8O6S/c1-42(2,60)35-29(49-37(56)28-7-4-8-32(48-28)43(44,45)46)21-31-36(51-35)52-39(61-31)25-11-9-24(10-12-25)22-53-19-16-23(17-20-53)15-18-47-27-6-3-5-26-34(27)41(59)54(40(26)58)30-13-14-33(55)50-38(30)57/h3-8,21,23-25,30,33,47,55,60H,9-20,22H2,1-2H3,(H,49,56)(H,50,57)/t24-,25-,30?,33?. The van der Waals surface area contributed by atoms with E-state index in [1.54, 1.807) is 24.3 Å². The number of nitrogens with zero attached hydrogens (tertiary/aromatic N) is 5. The van der Waals surface area contributed by atoms with E-state index in [1.165, 1.54) is 31.3 Å². The number of carbonyl (C=O) groups excluding carboxylic acids is 4. The highest BCUT2D eigenvalue weighted by Crippen LogP contribution is 2.41. The second-order valence-electron chi connectivity index (χ2n) is 17.2. The number of alkyl halides is 3. The van der Waals surface area contributed by atoms with Crippen molar-refractivity contribution in [3.05, 3.63) is 75.7 Å². The van der Waals surface area contributed by atoms with Crippen molar-refractivity contribution in [2.24, 2.45) is 11.8 Å². The quantitative estimate of drug-likeness (QED) is 0.107. The van der Waals surface area contributed by atoms with Gasteiger partial charge >= 0.3 is 6.18 Å². The average Bonchev–Trinajstić information content (AvgIpc) is 3.75. The van der Waals surface area contributed by atoms with Gasteiger partial charge in [0.15, 0.2) is 5.65 Å². The number of hydrogen-bond donors (Lipinski definition) is 5. The molecule has 4 aliphatic rings. The van der Waals surface area contributed by atoms with Crippen molar-refractivity contribution >= 4 is 56.7 Å². The molecule has 14 nitrogen and oxygen atoms in total. The molecule has 5 N–H and O–H groups in total. The molecule has 0 radical (unpaired) electrons. The number of thiazole rings is 1. The Morgan fingerprint density at radius 2 is 1.64 bits per heavy atom. The third-order valence-electron chi connectivity index (χ3n) is 12.4. The van der Waals surface area contributed by atoms with E-state index in [-0.39, 0.29) is 35.7 Å². The van der Waals surface area contributed by atoms with E-state index < -0.39 is 59.1 Å². The fourth-order valence-electron chi connectivity index (χ4n) is 9.11. The third kappa shape index (κ3) is 9.13. The lowest BCUT2D eigenvalue weighted by atomic mass is 9.81. The zero-order chi connectivity index (χ0) is 43.2. The van der Waals surface area contributed by atoms with Gasteiger partial charge in [-0.2, -0.15) is 13.2 Å². The molecule has 0 spiro atoms. The number of aromatic nitrogens is 3. The molecule has 3 aliphatic heterocycles. The van der Waals surface area contributed by atoms with E-state index >= 15 is 0 Å². The smallest absolute Gasteiger partial charge is 0.384 e. The Morgan fingerprint density at radius 1 is 0.902 bits per heavy atom. The van der Waals surface area contributed by atoms with Crippen molar-refractivity contribution in [1.29, 1.82) is 0 Å². The van der Waals surface area contributed by atoms with Crippen molar-refractivity contribution < 1.29 is 42.6 Å². The summed E-state index contributed by atoms with van der Waals surface area (Å²) < 4.78 is 40.5. The van der Waals surface area contributed by atoms with Gasteiger partial charge in [-0.15, -0.1) is 11.3 Å². The molecule has 2 unspecified atom stereocenters. The van der Waals surface area contributed by atoms with E-state index in [9.17, 15) is 42.6 Å². The highest BCUT2D eigenvalue weighted by Gasteiger charge is 2.45. The number of anilines is 2. The van der Waals surface area contributed by atoms with Crippen molar-refractivity contribution in [2.75, 3.05) is 36.8 Å². The van der Waals surface area contributed by atoms with Crippen molar-refractivity contribution in [3.8, 4) is 0 Å². The monoisotopic (exact) mass is 862 g/mol. The topological polar surface area (TPSA) is 190 Å². The third-order valence-corrected chi connectivity index (χ3v) is 13.5. The Morgan fingerprint density at radius 3 is 2.34 bits per heavy atom.